The second-order valence-corrected chi connectivity index (χ2v) is 4.49. The molecule has 1 aromatic heterocycles. The van der Waals surface area contributed by atoms with E-state index in [1.807, 2.05) is 38.6 Å². The molecule has 0 fully saturated rings. The summed E-state index contributed by atoms with van der Waals surface area (Å²) in [5.74, 6) is 0. The maximum atomic E-state index is 10.2. The SMILES string of the molecule is CCC(C)(OC)C(O)Cc1cc(C)nn1C. The number of hydrogen-bond acceptors (Lipinski definition) is 3. The van der Waals surface area contributed by atoms with Gasteiger partial charge < -0.3 is 9.84 Å². The van der Waals surface area contributed by atoms with Gasteiger partial charge in [-0.15, -0.1) is 0 Å². The Bertz CT molecular complexity index is 343. The van der Waals surface area contributed by atoms with Gasteiger partial charge in [-0.2, -0.15) is 5.10 Å². The molecular weight excluding hydrogens is 204 g/mol. The average Bonchev–Trinajstić information content (AvgIpc) is 2.56. The maximum Gasteiger partial charge on any atom is 0.0909 e. The lowest BCUT2D eigenvalue weighted by Crippen LogP contribution is -2.42. The van der Waals surface area contributed by atoms with E-state index in [1.165, 1.54) is 0 Å². The van der Waals surface area contributed by atoms with Gasteiger partial charge >= 0.3 is 0 Å². The van der Waals surface area contributed by atoms with E-state index in [9.17, 15) is 5.11 Å². The molecule has 0 spiro atoms. The van der Waals surface area contributed by atoms with Crippen molar-refractivity contribution in [3.8, 4) is 0 Å². The average molecular weight is 226 g/mol. The number of nitrogens with zero attached hydrogens (tertiary/aromatic N) is 2. The molecule has 4 heteroatoms. The zero-order valence-corrected chi connectivity index (χ0v) is 10.8. The normalized spacial score (nSPS) is 17.1. The molecule has 1 aromatic rings. The van der Waals surface area contributed by atoms with Crippen molar-refractivity contribution < 1.29 is 9.84 Å². The van der Waals surface area contributed by atoms with E-state index in [-0.39, 0.29) is 0 Å². The summed E-state index contributed by atoms with van der Waals surface area (Å²) in [4.78, 5) is 0. The van der Waals surface area contributed by atoms with Crippen LogP contribution in [0.2, 0.25) is 0 Å². The highest BCUT2D eigenvalue weighted by molar-refractivity contribution is 5.10. The van der Waals surface area contributed by atoms with Gasteiger partial charge in [0, 0.05) is 26.3 Å². The second kappa shape index (κ2) is 4.97. The summed E-state index contributed by atoms with van der Waals surface area (Å²) in [6, 6.07) is 2.00. The third-order valence-corrected chi connectivity index (χ3v) is 3.37. The Labute approximate surface area is 97.2 Å². The molecule has 0 amide bonds. The van der Waals surface area contributed by atoms with Crippen molar-refractivity contribution in [2.45, 2.75) is 45.3 Å². The van der Waals surface area contributed by atoms with E-state index >= 15 is 0 Å². The number of rotatable bonds is 5. The van der Waals surface area contributed by atoms with Crippen molar-refractivity contribution in [2.75, 3.05) is 7.11 Å². The topological polar surface area (TPSA) is 47.3 Å². The summed E-state index contributed by atoms with van der Waals surface area (Å²) >= 11 is 0. The molecule has 1 heterocycles. The summed E-state index contributed by atoms with van der Waals surface area (Å²) in [6.45, 7) is 5.90. The van der Waals surface area contributed by atoms with E-state index in [2.05, 4.69) is 5.10 Å². The Morgan fingerprint density at radius 1 is 1.62 bits per heavy atom. The number of hydrogen-bond donors (Lipinski definition) is 1. The molecule has 0 bridgehead atoms. The van der Waals surface area contributed by atoms with Crippen LogP contribution in [-0.2, 0) is 18.2 Å². The molecule has 2 atom stereocenters. The van der Waals surface area contributed by atoms with Crippen LogP contribution in [-0.4, -0.2) is 33.7 Å². The first kappa shape index (κ1) is 13.2. The van der Waals surface area contributed by atoms with Crippen LogP contribution in [0.25, 0.3) is 0 Å². The predicted octanol–water partition coefficient (Wildman–Crippen LogP) is 1.45. The van der Waals surface area contributed by atoms with E-state index in [0.29, 0.717) is 6.42 Å². The van der Waals surface area contributed by atoms with Crippen LogP contribution in [0.5, 0.6) is 0 Å². The van der Waals surface area contributed by atoms with Gasteiger partial charge in [-0.1, -0.05) is 6.92 Å². The predicted molar refractivity (Wildman–Crippen MR) is 63.4 cm³/mol. The molecule has 4 nitrogen and oxygen atoms in total. The maximum absolute atomic E-state index is 10.2. The van der Waals surface area contributed by atoms with Gasteiger partial charge in [0.2, 0.25) is 0 Å². The van der Waals surface area contributed by atoms with Gasteiger partial charge in [0.1, 0.15) is 0 Å². The zero-order chi connectivity index (χ0) is 12.3. The lowest BCUT2D eigenvalue weighted by Gasteiger charge is -2.32. The summed E-state index contributed by atoms with van der Waals surface area (Å²) in [5, 5.41) is 14.5. The van der Waals surface area contributed by atoms with Crippen LogP contribution in [0.15, 0.2) is 6.07 Å². The van der Waals surface area contributed by atoms with Crippen LogP contribution >= 0.6 is 0 Å². The molecule has 0 saturated heterocycles. The molecule has 0 aromatic carbocycles. The largest absolute Gasteiger partial charge is 0.390 e. The number of aliphatic hydroxyl groups excluding tert-OH is 1. The van der Waals surface area contributed by atoms with Crippen molar-refractivity contribution in [1.29, 1.82) is 0 Å². The van der Waals surface area contributed by atoms with Gasteiger partial charge in [0.15, 0.2) is 0 Å². The number of aliphatic hydroxyl groups is 1. The second-order valence-electron chi connectivity index (χ2n) is 4.49. The van der Waals surface area contributed by atoms with E-state index < -0.39 is 11.7 Å². The number of ether oxygens (including phenoxy) is 1. The lowest BCUT2D eigenvalue weighted by atomic mass is 9.92. The fourth-order valence-electron chi connectivity index (χ4n) is 1.79. The first-order valence-electron chi connectivity index (χ1n) is 5.65. The Morgan fingerprint density at radius 3 is 2.62 bits per heavy atom. The van der Waals surface area contributed by atoms with Crippen molar-refractivity contribution in [1.82, 2.24) is 9.78 Å². The number of aromatic nitrogens is 2. The molecule has 0 radical (unpaired) electrons. The van der Waals surface area contributed by atoms with Gasteiger partial charge in [-0.05, 0) is 26.3 Å². The van der Waals surface area contributed by atoms with E-state index in [0.717, 1.165) is 17.8 Å². The third kappa shape index (κ3) is 2.62. The third-order valence-electron chi connectivity index (χ3n) is 3.37. The van der Waals surface area contributed by atoms with Gasteiger partial charge in [-0.3, -0.25) is 4.68 Å². The van der Waals surface area contributed by atoms with Crippen molar-refractivity contribution in [3.05, 3.63) is 17.5 Å². The van der Waals surface area contributed by atoms with Gasteiger partial charge in [-0.25, -0.2) is 0 Å². The first-order chi connectivity index (χ1) is 7.42. The Kier molecular flexibility index (Phi) is 4.10. The van der Waals surface area contributed by atoms with Crippen molar-refractivity contribution >= 4 is 0 Å². The Morgan fingerprint density at radius 2 is 2.25 bits per heavy atom. The molecule has 1 N–H and O–H groups in total. The lowest BCUT2D eigenvalue weighted by molar-refractivity contribution is -0.0919. The van der Waals surface area contributed by atoms with Crippen LogP contribution in [0.3, 0.4) is 0 Å². The fourth-order valence-corrected chi connectivity index (χ4v) is 1.79. The molecule has 0 aliphatic rings. The van der Waals surface area contributed by atoms with Gasteiger partial charge in [0.05, 0.1) is 17.4 Å². The van der Waals surface area contributed by atoms with Crippen molar-refractivity contribution in [3.63, 3.8) is 0 Å². The molecule has 1 rings (SSSR count). The first-order valence-corrected chi connectivity index (χ1v) is 5.65. The number of aryl methyl sites for hydroxylation is 2. The molecular formula is C12H22N2O2. The minimum Gasteiger partial charge on any atom is -0.390 e. The minimum atomic E-state index is -0.516. The monoisotopic (exact) mass is 226 g/mol. The molecule has 16 heavy (non-hydrogen) atoms. The van der Waals surface area contributed by atoms with Crippen LogP contribution < -0.4 is 0 Å². The fraction of sp³-hybridized carbons (Fsp3) is 0.750. The van der Waals surface area contributed by atoms with Crippen LogP contribution in [0, 0.1) is 6.92 Å². The van der Waals surface area contributed by atoms with Crippen LogP contribution in [0.1, 0.15) is 31.7 Å². The highest BCUT2D eigenvalue weighted by Gasteiger charge is 2.31. The molecule has 2 unspecified atom stereocenters. The zero-order valence-electron chi connectivity index (χ0n) is 10.8. The molecule has 0 aliphatic carbocycles. The molecule has 92 valence electrons. The van der Waals surface area contributed by atoms with E-state index in [4.69, 9.17) is 4.74 Å². The highest BCUT2D eigenvalue weighted by atomic mass is 16.5. The summed E-state index contributed by atoms with van der Waals surface area (Å²) in [5.41, 5.74) is 1.51. The Balaban J connectivity index is 2.77. The van der Waals surface area contributed by atoms with E-state index in [1.54, 1.807) is 7.11 Å². The minimum absolute atomic E-state index is 0.488. The van der Waals surface area contributed by atoms with Crippen molar-refractivity contribution in [2.24, 2.45) is 7.05 Å². The molecule has 0 saturated carbocycles. The standard InChI is InChI=1S/C12H22N2O2/c1-6-12(3,16-5)11(15)8-10-7-9(2)13-14(10)4/h7,11,15H,6,8H2,1-5H3. The summed E-state index contributed by atoms with van der Waals surface area (Å²) < 4.78 is 7.20. The highest BCUT2D eigenvalue weighted by Crippen LogP contribution is 2.22. The Hall–Kier alpha value is -0.870. The smallest absolute Gasteiger partial charge is 0.0909 e. The molecule has 0 aliphatic heterocycles. The summed E-state index contributed by atoms with van der Waals surface area (Å²) in [7, 11) is 3.53. The van der Waals surface area contributed by atoms with Crippen LogP contribution in [0.4, 0.5) is 0 Å². The summed E-state index contributed by atoms with van der Waals surface area (Å²) in [6.07, 6.45) is 0.828. The number of methoxy groups -OCH3 is 1. The quantitative estimate of drug-likeness (QED) is 0.826. The van der Waals surface area contributed by atoms with Gasteiger partial charge in [0.25, 0.3) is 0 Å².